The Morgan fingerprint density at radius 3 is 2.84 bits per heavy atom. The molecule has 1 heterocycles. The molecule has 2 atom stereocenters. The fraction of sp³-hybridized carbons (Fsp3) is 0.625. The summed E-state index contributed by atoms with van der Waals surface area (Å²) in [6, 6.07) is 7.11. The smallest absolute Gasteiger partial charge is 0.161 e. The van der Waals surface area contributed by atoms with Crippen LogP contribution >= 0.6 is 0 Å². The zero-order valence-corrected chi connectivity index (χ0v) is 11.9. The van der Waals surface area contributed by atoms with E-state index in [1.54, 1.807) is 0 Å². The van der Waals surface area contributed by atoms with E-state index in [0.29, 0.717) is 19.3 Å². The number of nitrogens with one attached hydrogen (secondary N) is 1. The van der Waals surface area contributed by atoms with E-state index in [-0.39, 0.29) is 5.41 Å². The Bertz CT molecular complexity index is 460. The van der Waals surface area contributed by atoms with Gasteiger partial charge in [-0.1, -0.05) is 19.9 Å². The molecule has 3 heteroatoms. The van der Waals surface area contributed by atoms with Crippen molar-refractivity contribution < 1.29 is 9.47 Å². The largest absolute Gasteiger partial charge is 0.486 e. The van der Waals surface area contributed by atoms with Gasteiger partial charge in [-0.15, -0.1) is 0 Å². The van der Waals surface area contributed by atoms with Crippen molar-refractivity contribution >= 4 is 0 Å². The summed E-state index contributed by atoms with van der Waals surface area (Å²) in [5, 5.41) is 3.58. The highest BCUT2D eigenvalue weighted by Gasteiger charge is 2.36. The molecule has 0 aromatic heterocycles. The van der Waals surface area contributed by atoms with Crippen molar-refractivity contribution in [2.24, 2.45) is 0 Å². The molecule has 0 amide bonds. The van der Waals surface area contributed by atoms with Gasteiger partial charge in [-0.25, -0.2) is 0 Å². The minimum absolute atomic E-state index is 0.267. The molecule has 2 unspecified atom stereocenters. The normalized spacial score (nSPS) is 29.5. The lowest BCUT2D eigenvalue weighted by Gasteiger charge is -2.27. The Kier molecular flexibility index (Phi) is 3.40. The maximum atomic E-state index is 5.70. The van der Waals surface area contributed by atoms with Gasteiger partial charge in [-0.05, 0) is 48.9 Å². The molecule has 1 saturated carbocycles. The van der Waals surface area contributed by atoms with Gasteiger partial charge in [0.2, 0.25) is 0 Å². The second-order valence-electron chi connectivity index (χ2n) is 5.92. The van der Waals surface area contributed by atoms with E-state index in [4.69, 9.17) is 9.47 Å². The minimum Gasteiger partial charge on any atom is -0.486 e. The zero-order valence-electron chi connectivity index (χ0n) is 11.9. The number of fused-ring (bicyclic) bond motifs is 1. The van der Waals surface area contributed by atoms with Crippen LogP contribution < -0.4 is 14.8 Å². The number of hydrogen-bond acceptors (Lipinski definition) is 3. The van der Waals surface area contributed by atoms with Crippen molar-refractivity contribution in [2.45, 2.75) is 44.6 Å². The molecule has 1 aliphatic carbocycles. The van der Waals surface area contributed by atoms with Crippen LogP contribution in [0.1, 0.15) is 38.7 Å². The second-order valence-corrected chi connectivity index (χ2v) is 5.92. The summed E-state index contributed by atoms with van der Waals surface area (Å²) in [6.07, 6.45) is 3.71. The van der Waals surface area contributed by atoms with E-state index in [0.717, 1.165) is 18.0 Å². The van der Waals surface area contributed by atoms with Crippen LogP contribution in [-0.2, 0) is 5.41 Å². The molecule has 2 aliphatic rings. The van der Waals surface area contributed by atoms with Gasteiger partial charge in [0.1, 0.15) is 13.2 Å². The number of ether oxygens (including phenoxy) is 2. The summed E-state index contributed by atoms with van der Waals surface area (Å²) in [7, 11) is 0. The standard InChI is InChI=1S/C16H23NO2/c1-3-17-13-6-7-16(2,11-13)12-4-5-14-15(10-12)19-9-8-18-14/h4-5,10,13,17H,3,6-9,11H2,1-2H3. The second kappa shape index (κ2) is 5.04. The summed E-state index contributed by atoms with van der Waals surface area (Å²) in [5.74, 6) is 1.80. The first-order chi connectivity index (χ1) is 9.21. The average Bonchev–Trinajstić information content (AvgIpc) is 2.82. The topological polar surface area (TPSA) is 30.5 Å². The lowest BCUT2D eigenvalue weighted by Crippen LogP contribution is -2.28. The van der Waals surface area contributed by atoms with Crippen LogP contribution in [-0.4, -0.2) is 25.8 Å². The Balaban J connectivity index is 1.82. The van der Waals surface area contributed by atoms with E-state index in [1.165, 1.54) is 24.8 Å². The SMILES string of the molecule is CCNC1CCC(C)(c2ccc3c(c2)OCCO3)C1. The van der Waals surface area contributed by atoms with Crippen molar-refractivity contribution in [3.8, 4) is 11.5 Å². The molecule has 0 spiro atoms. The number of rotatable bonds is 3. The lowest BCUT2D eigenvalue weighted by molar-refractivity contribution is 0.171. The molecule has 1 N–H and O–H groups in total. The van der Waals surface area contributed by atoms with Crippen LogP contribution in [0.25, 0.3) is 0 Å². The van der Waals surface area contributed by atoms with Crippen molar-refractivity contribution in [3.05, 3.63) is 23.8 Å². The van der Waals surface area contributed by atoms with Crippen molar-refractivity contribution in [1.82, 2.24) is 5.32 Å². The first-order valence-corrected chi connectivity index (χ1v) is 7.35. The van der Waals surface area contributed by atoms with Crippen molar-refractivity contribution in [1.29, 1.82) is 0 Å². The van der Waals surface area contributed by atoms with E-state index in [2.05, 4.69) is 37.4 Å². The van der Waals surface area contributed by atoms with E-state index in [1.807, 2.05) is 0 Å². The van der Waals surface area contributed by atoms with Gasteiger partial charge in [-0.2, -0.15) is 0 Å². The highest BCUT2D eigenvalue weighted by atomic mass is 16.6. The van der Waals surface area contributed by atoms with E-state index >= 15 is 0 Å². The summed E-state index contributed by atoms with van der Waals surface area (Å²) in [6.45, 7) is 6.93. The third-order valence-corrected chi connectivity index (χ3v) is 4.47. The van der Waals surface area contributed by atoms with Crippen LogP contribution in [0.4, 0.5) is 0 Å². The quantitative estimate of drug-likeness (QED) is 0.907. The maximum Gasteiger partial charge on any atom is 0.161 e. The summed E-state index contributed by atoms with van der Waals surface area (Å²) in [4.78, 5) is 0. The number of hydrogen-bond donors (Lipinski definition) is 1. The van der Waals surface area contributed by atoms with Gasteiger partial charge < -0.3 is 14.8 Å². The van der Waals surface area contributed by atoms with Crippen LogP contribution in [0.15, 0.2) is 18.2 Å². The Hall–Kier alpha value is -1.22. The molecule has 0 bridgehead atoms. The van der Waals surface area contributed by atoms with Crippen LogP contribution in [0.3, 0.4) is 0 Å². The minimum atomic E-state index is 0.267. The lowest BCUT2D eigenvalue weighted by atomic mass is 9.80. The molecule has 1 aliphatic heterocycles. The number of benzene rings is 1. The van der Waals surface area contributed by atoms with Gasteiger partial charge in [0.25, 0.3) is 0 Å². The Morgan fingerprint density at radius 2 is 2.05 bits per heavy atom. The van der Waals surface area contributed by atoms with Gasteiger partial charge in [0, 0.05) is 6.04 Å². The predicted octanol–water partition coefficient (Wildman–Crippen LogP) is 2.88. The first-order valence-electron chi connectivity index (χ1n) is 7.35. The third kappa shape index (κ3) is 2.44. The molecule has 104 valence electrons. The van der Waals surface area contributed by atoms with Gasteiger partial charge in [0.15, 0.2) is 11.5 Å². The molecule has 3 rings (SSSR count). The van der Waals surface area contributed by atoms with Crippen LogP contribution in [0.5, 0.6) is 11.5 Å². The third-order valence-electron chi connectivity index (χ3n) is 4.47. The van der Waals surface area contributed by atoms with Crippen LogP contribution in [0, 0.1) is 0 Å². The van der Waals surface area contributed by atoms with E-state index in [9.17, 15) is 0 Å². The molecule has 1 aromatic rings. The summed E-state index contributed by atoms with van der Waals surface area (Å²) in [5.41, 5.74) is 1.65. The fourth-order valence-electron chi connectivity index (χ4n) is 3.38. The molecule has 0 saturated heterocycles. The monoisotopic (exact) mass is 261 g/mol. The van der Waals surface area contributed by atoms with Crippen molar-refractivity contribution in [2.75, 3.05) is 19.8 Å². The predicted molar refractivity (Wildman–Crippen MR) is 76.1 cm³/mol. The van der Waals surface area contributed by atoms with Gasteiger partial charge >= 0.3 is 0 Å². The van der Waals surface area contributed by atoms with E-state index < -0.39 is 0 Å². The molecule has 1 aromatic carbocycles. The zero-order chi connectivity index (χ0) is 13.3. The Morgan fingerprint density at radius 1 is 1.26 bits per heavy atom. The first kappa shape index (κ1) is 12.8. The van der Waals surface area contributed by atoms with Gasteiger partial charge in [-0.3, -0.25) is 0 Å². The highest BCUT2D eigenvalue weighted by molar-refractivity contribution is 5.46. The van der Waals surface area contributed by atoms with Crippen molar-refractivity contribution in [3.63, 3.8) is 0 Å². The maximum absolute atomic E-state index is 5.70. The molecule has 3 nitrogen and oxygen atoms in total. The molecular formula is C16H23NO2. The molecule has 0 radical (unpaired) electrons. The Labute approximate surface area is 115 Å². The fourth-order valence-corrected chi connectivity index (χ4v) is 3.38. The summed E-state index contributed by atoms with van der Waals surface area (Å²) >= 11 is 0. The molecule has 19 heavy (non-hydrogen) atoms. The molecule has 1 fully saturated rings. The average molecular weight is 261 g/mol. The summed E-state index contributed by atoms with van der Waals surface area (Å²) < 4.78 is 11.3. The highest BCUT2D eigenvalue weighted by Crippen LogP contribution is 2.43. The molecular weight excluding hydrogens is 238 g/mol. The van der Waals surface area contributed by atoms with Gasteiger partial charge in [0.05, 0.1) is 0 Å². The van der Waals surface area contributed by atoms with Crippen LogP contribution in [0.2, 0.25) is 0 Å².